The number of rotatable bonds is 4. The van der Waals surface area contributed by atoms with Crippen molar-refractivity contribution in [2.24, 2.45) is 5.73 Å². The Kier molecular flexibility index (Phi) is 3.60. The smallest absolute Gasteiger partial charge is 0.249 e. The van der Waals surface area contributed by atoms with Crippen LogP contribution in [-0.2, 0) is 6.54 Å². The van der Waals surface area contributed by atoms with E-state index in [0.29, 0.717) is 17.1 Å². The molecule has 2 heterocycles. The zero-order chi connectivity index (χ0) is 14.1. The second-order valence-electron chi connectivity index (χ2n) is 4.14. The Morgan fingerprint density at radius 1 is 1.40 bits per heavy atom. The molecule has 2 aromatic heterocycles. The van der Waals surface area contributed by atoms with E-state index in [-0.39, 0.29) is 0 Å². The van der Waals surface area contributed by atoms with Crippen LogP contribution in [-0.4, -0.2) is 10.9 Å². The highest BCUT2D eigenvalue weighted by Crippen LogP contribution is 2.32. The van der Waals surface area contributed by atoms with Gasteiger partial charge in [-0.1, -0.05) is 11.6 Å². The average Bonchev–Trinajstić information content (AvgIpc) is 3.05. The maximum Gasteiger partial charge on any atom is 0.249 e. The Labute approximate surface area is 128 Å². The van der Waals surface area contributed by atoms with Gasteiger partial charge in [0.1, 0.15) is 5.52 Å². The summed E-state index contributed by atoms with van der Waals surface area (Å²) < 4.78 is 1.08. The van der Waals surface area contributed by atoms with Crippen molar-refractivity contribution in [2.75, 3.05) is 5.32 Å². The highest BCUT2D eigenvalue weighted by Gasteiger charge is 2.10. The van der Waals surface area contributed by atoms with E-state index in [0.717, 1.165) is 20.8 Å². The average molecular weight is 324 g/mol. The van der Waals surface area contributed by atoms with Crippen LogP contribution < -0.4 is 11.1 Å². The largest absolute Gasteiger partial charge is 0.377 e. The fourth-order valence-corrected chi connectivity index (χ4v) is 3.57. The number of hydrogen-bond acceptors (Lipinski definition) is 5. The van der Waals surface area contributed by atoms with Crippen LogP contribution >= 0.6 is 34.3 Å². The summed E-state index contributed by atoms with van der Waals surface area (Å²) in [6.45, 7) is 0.578. The summed E-state index contributed by atoms with van der Waals surface area (Å²) in [6.07, 6.45) is 0. The van der Waals surface area contributed by atoms with Crippen molar-refractivity contribution >= 4 is 56.1 Å². The lowest BCUT2D eigenvalue weighted by Gasteiger charge is -2.07. The number of thiophene rings is 1. The number of aromatic nitrogens is 1. The van der Waals surface area contributed by atoms with Crippen molar-refractivity contribution in [3.8, 4) is 0 Å². The number of anilines is 1. The first-order chi connectivity index (χ1) is 9.65. The van der Waals surface area contributed by atoms with E-state index in [1.807, 2.05) is 12.1 Å². The van der Waals surface area contributed by atoms with E-state index < -0.39 is 5.91 Å². The van der Waals surface area contributed by atoms with Crippen molar-refractivity contribution in [3.05, 3.63) is 44.6 Å². The number of nitrogens with zero attached hydrogens (tertiary/aromatic N) is 1. The van der Waals surface area contributed by atoms with Crippen LogP contribution in [0.25, 0.3) is 10.2 Å². The minimum Gasteiger partial charge on any atom is -0.377 e. The van der Waals surface area contributed by atoms with Crippen molar-refractivity contribution in [2.45, 2.75) is 6.54 Å². The lowest BCUT2D eigenvalue weighted by molar-refractivity contribution is 0.100. The van der Waals surface area contributed by atoms with E-state index in [4.69, 9.17) is 17.3 Å². The molecule has 0 saturated heterocycles. The van der Waals surface area contributed by atoms with Crippen molar-refractivity contribution in [3.63, 3.8) is 0 Å². The zero-order valence-corrected chi connectivity index (χ0v) is 12.6. The molecule has 0 aliphatic rings. The quantitative estimate of drug-likeness (QED) is 0.768. The summed E-state index contributed by atoms with van der Waals surface area (Å²) in [5.74, 6) is -0.410. The Hall–Kier alpha value is -1.63. The topological polar surface area (TPSA) is 68.0 Å². The van der Waals surface area contributed by atoms with Crippen LogP contribution in [0.1, 0.15) is 15.2 Å². The van der Waals surface area contributed by atoms with Crippen LogP contribution in [0.5, 0.6) is 0 Å². The van der Waals surface area contributed by atoms with E-state index in [2.05, 4.69) is 10.3 Å². The van der Waals surface area contributed by atoms with Gasteiger partial charge in [0.15, 0.2) is 0 Å². The lowest BCUT2D eigenvalue weighted by atomic mass is 10.2. The van der Waals surface area contributed by atoms with Gasteiger partial charge in [0.25, 0.3) is 0 Å². The van der Waals surface area contributed by atoms with Crippen LogP contribution in [0.15, 0.2) is 29.1 Å². The highest BCUT2D eigenvalue weighted by molar-refractivity contribution is 7.16. The van der Waals surface area contributed by atoms with E-state index >= 15 is 0 Å². The Morgan fingerprint density at radius 2 is 2.25 bits per heavy atom. The van der Waals surface area contributed by atoms with Crippen LogP contribution in [0.2, 0.25) is 5.02 Å². The molecule has 1 aromatic carbocycles. The number of amides is 1. The first kappa shape index (κ1) is 13.4. The number of nitrogens with two attached hydrogens (primary N) is 1. The van der Waals surface area contributed by atoms with Gasteiger partial charge >= 0.3 is 0 Å². The molecule has 3 rings (SSSR count). The van der Waals surface area contributed by atoms with Gasteiger partial charge in [-0.15, -0.1) is 22.7 Å². The normalized spacial score (nSPS) is 10.8. The summed E-state index contributed by atoms with van der Waals surface area (Å²) in [7, 11) is 0. The predicted octanol–water partition coefficient (Wildman–Crippen LogP) is 3.72. The molecular weight excluding hydrogens is 314 g/mol. The number of thiazole rings is 1. The fraction of sp³-hybridized carbons (Fsp3) is 0.0769. The number of fused-ring (bicyclic) bond motifs is 1. The van der Waals surface area contributed by atoms with E-state index in [9.17, 15) is 4.79 Å². The zero-order valence-electron chi connectivity index (χ0n) is 10.2. The minimum absolute atomic E-state index is 0.410. The summed E-state index contributed by atoms with van der Waals surface area (Å²) in [6, 6.07) is 5.60. The molecule has 0 fully saturated rings. The SMILES string of the molecule is NC(=O)c1csc(CNc2c(Cl)ccc3scnc23)c1. The highest BCUT2D eigenvalue weighted by atomic mass is 35.5. The molecule has 0 atom stereocenters. The van der Waals surface area contributed by atoms with Crippen LogP contribution in [0.3, 0.4) is 0 Å². The lowest BCUT2D eigenvalue weighted by Crippen LogP contribution is -2.09. The monoisotopic (exact) mass is 323 g/mol. The van der Waals surface area contributed by atoms with Crippen LogP contribution in [0, 0.1) is 0 Å². The van der Waals surface area contributed by atoms with E-state index in [1.54, 1.807) is 28.3 Å². The van der Waals surface area contributed by atoms with Gasteiger partial charge in [0.05, 0.1) is 26.5 Å². The van der Waals surface area contributed by atoms with Gasteiger partial charge in [-0.3, -0.25) is 4.79 Å². The molecule has 102 valence electrons. The van der Waals surface area contributed by atoms with Gasteiger partial charge < -0.3 is 11.1 Å². The van der Waals surface area contributed by atoms with Gasteiger partial charge in [0.2, 0.25) is 5.91 Å². The molecule has 3 aromatic rings. The summed E-state index contributed by atoms with van der Waals surface area (Å²) in [5.41, 5.74) is 9.25. The third-order valence-corrected chi connectivity index (χ3v) is 4.88. The number of nitrogens with one attached hydrogen (secondary N) is 1. The number of carbonyl (C=O) groups excluding carboxylic acids is 1. The standard InChI is InChI=1S/C13H10ClN3OS2/c14-9-1-2-10-12(17-6-20-10)11(9)16-4-8-3-7(5-19-8)13(15)18/h1-3,5-6,16H,4H2,(H2,15,18). The first-order valence-electron chi connectivity index (χ1n) is 5.78. The molecule has 7 heteroatoms. The van der Waals surface area contributed by atoms with E-state index in [1.165, 1.54) is 11.3 Å². The molecule has 1 amide bonds. The Balaban J connectivity index is 1.84. The van der Waals surface area contributed by atoms with Crippen molar-refractivity contribution in [1.82, 2.24) is 4.98 Å². The number of hydrogen-bond donors (Lipinski definition) is 2. The number of benzene rings is 1. The maximum atomic E-state index is 11.1. The molecule has 0 bridgehead atoms. The summed E-state index contributed by atoms with van der Waals surface area (Å²) in [5, 5.41) is 5.67. The molecule has 0 spiro atoms. The molecule has 3 N–H and O–H groups in total. The molecule has 0 radical (unpaired) electrons. The molecule has 0 unspecified atom stereocenters. The third-order valence-electron chi connectivity index (χ3n) is 2.83. The van der Waals surface area contributed by atoms with Gasteiger partial charge in [0, 0.05) is 16.8 Å². The number of carbonyl (C=O) groups is 1. The Bertz CT molecular complexity index is 781. The fourth-order valence-electron chi connectivity index (χ4n) is 1.85. The molecular formula is C13H10ClN3OS2. The van der Waals surface area contributed by atoms with Crippen molar-refractivity contribution < 1.29 is 4.79 Å². The van der Waals surface area contributed by atoms with Gasteiger partial charge in [-0.2, -0.15) is 0 Å². The first-order valence-corrected chi connectivity index (χ1v) is 7.91. The second-order valence-corrected chi connectivity index (χ2v) is 6.43. The molecule has 0 aliphatic heterocycles. The van der Waals surface area contributed by atoms with Crippen LogP contribution in [0.4, 0.5) is 5.69 Å². The maximum absolute atomic E-state index is 11.1. The summed E-state index contributed by atoms with van der Waals surface area (Å²) in [4.78, 5) is 16.4. The second kappa shape index (κ2) is 5.40. The number of primary amides is 1. The summed E-state index contributed by atoms with van der Waals surface area (Å²) >= 11 is 9.27. The Morgan fingerprint density at radius 3 is 3.00 bits per heavy atom. The molecule has 0 aliphatic carbocycles. The molecule has 20 heavy (non-hydrogen) atoms. The third kappa shape index (κ3) is 2.49. The molecule has 4 nitrogen and oxygen atoms in total. The predicted molar refractivity (Wildman–Crippen MR) is 84.8 cm³/mol. The molecule has 0 saturated carbocycles. The van der Waals surface area contributed by atoms with Gasteiger partial charge in [-0.25, -0.2) is 4.98 Å². The minimum atomic E-state index is -0.410. The number of halogens is 1. The van der Waals surface area contributed by atoms with Gasteiger partial charge in [-0.05, 0) is 18.2 Å². The van der Waals surface area contributed by atoms with Crippen molar-refractivity contribution in [1.29, 1.82) is 0 Å².